The number of hydrogen-bond acceptors (Lipinski definition) is 5. The second kappa shape index (κ2) is 14.6. The van der Waals surface area contributed by atoms with Crippen LogP contribution in [0.4, 0.5) is 5.69 Å². The van der Waals surface area contributed by atoms with Gasteiger partial charge in [0.05, 0.1) is 17.7 Å². The SMILES string of the molecule is CC[C@@H](C(=O)NC1CCCCC1)N(Cc1ccccc1)C(=O)CN(c1cc(Cl)ccc1OC)S(=O)(=O)c1ccccc1. The number of anilines is 1. The van der Waals surface area contributed by atoms with Crippen LogP contribution < -0.4 is 14.4 Å². The molecule has 0 unspecified atom stereocenters. The van der Waals surface area contributed by atoms with Gasteiger partial charge in [0.25, 0.3) is 10.0 Å². The van der Waals surface area contributed by atoms with E-state index in [1.165, 1.54) is 30.2 Å². The highest BCUT2D eigenvalue weighted by atomic mass is 35.5. The van der Waals surface area contributed by atoms with Crippen LogP contribution in [0.3, 0.4) is 0 Å². The first-order chi connectivity index (χ1) is 20.2. The van der Waals surface area contributed by atoms with Crippen LogP contribution in [0.15, 0.2) is 83.8 Å². The van der Waals surface area contributed by atoms with Crippen LogP contribution in [0.25, 0.3) is 0 Å². The smallest absolute Gasteiger partial charge is 0.264 e. The van der Waals surface area contributed by atoms with E-state index >= 15 is 0 Å². The lowest BCUT2D eigenvalue weighted by atomic mass is 9.95. The summed E-state index contributed by atoms with van der Waals surface area (Å²) in [5.74, 6) is -0.513. The van der Waals surface area contributed by atoms with Gasteiger partial charge in [0.15, 0.2) is 0 Å². The molecule has 0 bridgehead atoms. The van der Waals surface area contributed by atoms with Crippen molar-refractivity contribution in [2.75, 3.05) is 18.0 Å². The molecule has 1 N–H and O–H groups in total. The molecule has 0 aromatic heterocycles. The first kappa shape index (κ1) is 31.4. The third kappa shape index (κ3) is 7.63. The molecule has 10 heteroatoms. The highest BCUT2D eigenvalue weighted by molar-refractivity contribution is 7.92. The molecule has 0 heterocycles. The van der Waals surface area contributed by atoms with Crippen molar-refractivity contribution < 1.29 is 22.7 Å². The van der Waals surface area contributed by atoms with E-state index in [9.17, 15) is 18.0 Å². The van der Waals surface area contributed by atoms with Crippen molar-refractivity contribution in [3.05, 3.63) is 89.4 Å². The van der Waals surface area contributed by atoms with Crippen LogP contribution in [0, 0.1) is 0 Å². The predicted octanol–water partition coefficient (Wildman–Crippen LogP) is 5.80. The van der Waals surface area contributed by atoms with Gasteiger partial charge in [-0.1, -0.05) is 86.3 Å². The Morgan fingerprint density at radius 3 is 2.24 bits per heavy atom. The number of nitrogens with zero attached hydrogens (tertiary/aromatic N) is 2. The van der Waals surface area contributed by atoms with Gasteiger partial charge < -0.3 is 15.0 Å². The minimum atomic E-state index is -4.23. The number of ether oxygens (including phenoxy) is 1. The molecule has 0 radical (unpaired) electrons. The summed E-state index contributed by atoms with van der Waals surface area (Å²) in [5.41, 5.74) is 0.953. The molecule has 8 nitrogen and oxygen atoms in total. The van der Waals surface area contributed by atoms with Crippen molar-refractivity contribution >= 4 is 39.1 Å². The number of amides is 2. The lowest BCUT2D eigenvalue weighted by Crippen LogP contribution is -2.54. The second-order valence-electron chi connectivity index (χ2n) is 10.4. The van der Waals surface area contributed by atoms with Crippen molar-refractivity contribution in [3.8, 4) is 5.75 Å². The zero-order valence-electron chi connectivity index (χ0n) is 24.0. The average Bonchev–Trinajstić information content (AvgIpc) is 3.01. The molecule has 1 fully saturated rings. The van der Waals surface area contributed by atoms with Gasteiger partial charge in [0.2, 0.25) is 11.8 Å². The Bertz CT molecular complexity index is 1450. The lowest BCUT2D eigenvalue weighted by Gasteiger charge is -2.34. The van der Waals surface area contributed by atoms with Crippen LogP contribution in [0.1, 0.15) is 51.0 Å². The maximum absolute atomic E-state index is 14.3. The number of hydrogen-bond donors (Lipinski definition) is 1. The Morgan fingerprint density at radius 2 is 1.62 bits per heavy atom. The number of methoxy groups -OCH3 is 1. The predicted molar refractivity (Wildman–Crippen MR) is 165 cm³/mol. The average molecular weight is 612 g/mol. The summed E-state index contributed by atoms with van der Waals surface area (Å²) in [6.45, 7) is 1.44. The number of halogens is 1. The molecule has 1 saturated carbocycles. The van der Waals surface area contributed by atoms with Gasteiger partial charge in [-0.25, -0.2) is 8.42 Å². The summed E-state index contributed by atoms with van der Waals surface area (Å²) >= 11 is 6.30. The molecule has 1 aliphatic carbocycles. The van der Waals surface area contributed by atoms with E-state index in [1.807, 2.05) is 37.3 Å². The minimum absolute atomic E-state index is 0.0107. The molecule has 2 amide bonds. The van der Waals surface area contributed by atoms with E-state index in [0.29, 0.717) is 6.42 Å². The molecule has 1 atom stereocenters. The van der Waals surface area contributed by atoms with Crippen LogP contribution in [0.5, 0.6) is 5.75 Å². The first-order valence-electron chi connectivity index (χ1n) is 14.3. The van der Waals surface area contributed by atoms with Crippen molar-refractivity contribution in [3.63, 3.8) is 0 Å². The highest BCUT2D eigenvalue weighted by Gasteiger charge is 2.35. The largest absolute Gasteiger partial charge is 0.495 e. The molecular weight excluding hydrogens is 574 g/mol. The standard InChI is InChI=1S/C32H38ClN3O5S/c1-3-28(32(38)34-26-15-9-5-10-16-26)35(22-24-13-7-4-8-14-24)31(37)23-36(29-21-25(33)19-20-30(29)41-2)42(39,40)27-17-11-6-12-18-27/h4,6-8,11-14,17-21,26,28H,3,5,9-10,15-16,22-23H2,1-2H3,(H,34,38)/t28-/m0/s1. The number of benzene rings is 3. The van der Waals surface area contributed by atoms with E-state index < -0.39 is 28.5 Å². The Balaban J connectivity index is 1.73. The van der Waals surface area contributed by atoms with Crippen LogP contribution in [0.2, 0.25) is 5.02 Å². The van der Waals surface area contributed by atoms with Gasteiger partial charge in [-0.15, -0.1) is 0 Å². The van der Waals surface area contributed by atoms with E-state index in [0.717, 1.165) is 42.0 Å². The molecular formula is C32H38ClN3O5S. The number of sulfonamides is 1. The first-order valence-corrected chi connectivity index (χ1v) is 16.1. The Hall–Kier alpha value is -3.56. The van der Waals surface area contributed by atoms with Gasteiger partial charge in [-0.05, 0) is 55.2 Å². The molecule has 0 spiro atoms. The molecule has 224 valence electrons. The summed E-state index contributed by atoms with van der Waals surface area (Å²) in [7, 11) is -2.81. The van der Waals surface area contributed by atoms with Gasteiger partial charge in [0, 0.05) is 17.6 Å². The molecule has 42 heavy (non-hydrogen) atoms. The zero-order chi connectivity index (χ0) is 30.1. The topological polar surface area (TPSA) is 96.0 Å². The van der Waals surface area contributed by atoms with Crippen LogP contribution in [-0.2, 0) is 26.2 Å². The molecule has 0 saturated heterocycles. The lowest BCUT2D eigenvalue weighted by molar-refractivity contribution is -0.140. The molecule has 3 aromatic rings. The van der Waals surface area contributed by atoms with E-state index in [4.69, 9.17) is 16.3 Å². The van der Waals surface area contributed by atoms with Gasteiger partial charge in [-0.2, -0.15) is 0 Å². The Labute approximate surface area is 253 Å². The van der Waals surface area contributed by atoms with Gasteiger partial charge in [-0.3, -0.25) is 13.9 Å². The third-order valence-electron chi connectivity index (χ3n) is 7.55. The van der Waals surface area contributed by atoms with Gasteiger partial charge in [0.1, 0.15) is 18.3 Å². The number of carbonyl (C=O) groups excluding carboxylic acids is 2. The summed E-state index contributed by atoms with van der Waals surface area (Å²) in [5, 5.41) is 3.44. The maximum atomic E-state index is 14.3. The summed E-state index contributed by atoms with van der Waals surface area (Å²) < 4.78 is 34.6. The molecule has 4 rings (SSSR count). The Morgan fingerprint density at radius 1 is 0.976 bits per heavy atom. The molecule has 0 aliphatic heterocycles. The van der Waals surface area contributed by atoms with Crippen molar-refractivity contribution in [2.45, 2.75) is 69.0 Å². The van der Waals surface area contributed by atoms with Crippen LogP contribution >= 0.6 is 11.6 Å². The summed E-state index contributed by atoms with van der Waals surface area (Å²) in [6, 6.07) is 21.1. The van der Waals surface area contributed by atoms with Gasteiger partial charge >= 0.3 is 0 Å². The summed E-state index contributed by atoms with van der Waals surface area (Å²) in [4.78, 5) is 29.4. The molecule has 1 aliphatic rings. The second-order valence-corrected chi connectivity index (χ2v) is 12.7. The fourth-order valence-electron chi connectivity index (χ4n) is 5.33. The fourth-order valence-corrected chi connectivity index (χ4v) is 6.94. The van der Waals surface area contributed by atoms with Crippen molar-refractivity contribution in [1.29, 1.82) is 0 Å². The molecule has 3 aromatic carbocycles. The van der Waals surface area contributed by atoms with Crippen molar-refractivity contribution in [2.24, 2.45) is 0 Å². The zero-order valence-corrected chi connectivity index (χ0v) is 25.6. The normalized spacial score (nSPS) is 14.5. The minimum Gasteiger partial charge on any atom is -0.495 e. The quantitative estimate of drug-likeness (QED) is 0.279. The third-order valence-corrected chi connectivity index (χ3v) is 9.56. The highest BCUT2D eigenvalue weighted by Crippen LogP contribution is 2.35. The van der Waals surface area contributed by atoms with E-state index in [-0.39, 0.29) is 39.8 Å². The number of nitrogens with one attached hydrogen (secondary N) is 1. The van der Waals surface area contributed by atoms with Crippen LogP contribution in [-0.4, -0.2) is 50.9 Å². The summed E-state index contributed by atoms with van der Waals surface area (Å²) in [6.07, 6.45) is 5.45. The van der Waals surface area contributed by atoms with Crippen molar-refractivity contribution in [1.82, 2.24) is 10.2 Å². The number of rotatable bonds is 12. The maximum Gasteiger partial charge on any atom is 0.264 e. The Kier molecular flexibility index (Phi) is 10.9. The fraction of sp³-hybridized carbons (Fsp3) is 0.375. The monoisotopic (exact) mass is 611 g/mol. The number of carbonyl (C=O) groups is 2. The van der Waals surface area contributed by atoms with E-state index in [2.05, 4.69) is 5.32 Å². The van der Waals surface area contributed by atoms with E-state index in [1.54, 1.807) is 30.3 Å².